The van der Waals surface area contributed by atoms with Crippen molar-refractivity contribution in [2.24, 2.45) is 5.41 Å². The second-order valence-electron chi connectivity index (χ2n) is 5.48. The van der Waals surface area contributed by atoms with Gasteiger partial charge >= 0.3 is 0 Å². The number of anilines is 1. The maximum atomic E-state index is 4.51. The number of rotatable bonds is 8. The summed E-state index contributed by atoms with van der Waals surface area (Å²) >= 11 is 0. The third kappa shape index (κ3) is 5.45. The zero-order valence-electron chi connectivity index (χ0n) is 12.1. The van der Waals surface area contributed by atoms with E-state index in [2.05, 4.69) is 41.4 Å². The fourth-order valence-electron chi connectivity index (χ4n) is 1.95. The Morgan fingerprint density at radius 2 is 2.11 bits per heavy atom. The van der Waals surface area contributed by atoms with Gasteiger partial charge in [0.05, 0.1) is 0 Å². The second-order valence-corrected chi connectivity index (χ2v) is 5.48. The van der Waals surface area contributed by atoms with Gasteiger partial charge in [-0.05, 0) is 24.9 Å². The van der Waals surface area contributed by atoms with E-state index in [-0.39, 0.29) is 0 Å². The van der Waals surface area contributed by atoms with Crippen LogP contribution in [0, 0.1) is 5.41 Å². The predicted octanol–water partition coefficient (Wildman–Crippen LogP) is 2.48. The molecule has 4 nitrogen and oxygen atoms in total. The van der Waals surface area contributed by atoms with Gasteiger partial charge in [0.25, 0.3) is 0 Å². The third-order valence-electron chi connectivity index (χ3n) is 2.98. The summed E-state index contributed by atoms with van der Waals surface area (Å²) in [6, 6.07) is 1.94. The van der Waals surface area contributed by atoms with Crippen molar-refractivity contribution in [3.05, 3.63) is 18.1 Å². The largest absolute Gasteiger partial charge is 0.369 e. The lowest BCUT2D eigenvalue weighted by Crippen LogP contribution is -2.23. The van der Waals surface area contributed by atoms with Gasteiger partial charge in [-0.15, -0.1) is 0 Å². The highest BCUT2D eigenvalue weighted by molar-refractivity contribution is 5.33. The molecule has 0 spiro atoms. The first-order chi connectivity index (χ1) is 8.57. The summed E-state index contributed by atoms with van der Waals surface area (Å²) in [6.45, 7) is 8.65. The van der Waals surface area contributed by atoms with Gasteiger partial charge in [0.2, 0.25) is 0 Å². The summed E-state index contributed by atoms with van der Waals surface area (Å²) in [6.07, 6.45) is 5.13. The van der Waals surface area contributed by atoms with Crippen molar-refractivity contribution < 1.29 is 0 Å². The van der Waals surface area contributed by atoms with E-state index >= 15 is 0 Å². The summed E-state index contributed by atoms with van der Waals surface area (Å²) in [4.78, 5) is 8.78. The van der Waals surface area contributed by atoms with Crippen molar-refractivity contribution in [2.45, 2.75) is 40.0 Å². The molecule has 1 aromatic heterocycles. The van der Waals surface area contributed by atoms with Gasteiger partial charge in [-0.25, -0.2) is 9.97 Å². The Morgan fingerprint density at radius 1 is 1.33 bits per heavy atom. The Labute approximate surface area is 111 Å². The molecule has 0 saturated carbocycles. The molecule has 0 radical (unpaired) electrons. The zero-order valence-corrected chi connectivity index (χ0v) is 12.1. The third-order valence-corrected chi connectivity index (χ3v) is 2.98. The van der Waals surface area contributed by atoms with Gasteiger partial charge in [-0.2, -0.15) is 0 Å². The molecule has 0 amide bonds. The van der Waals surface area contributed by atoms with Crippen LogP contribution >= 0.6 is 0 Å². The number of nitrogens with one attached hydrogen (secondary N) is 2. The molecule has 0 aliphatic rings. The highest BCUT2D eigenvalue weighted by atomic mass is 15.0. The Bertz CT molecular complexity index is 349. The minimum Gasteiger partial charge on any atom is -0.369 e. The molecule has 0 unspecified atom stereocenters. The summed E-state index contributed by atoms with van der Waals surface area (Å²) in [5, 5.41) is 6.52. The number of likely N-dealkylation sites (N-methyl/N-ethyl adjacent to an activating group) is 1. The molecule has 0 bridgehead atoms. The van der Waals surface area contributed by atoms with Crippen molar-refractivity contribution in [1.82, 2.24) is 15.3 Å². The fourth-order valence-corrected chi connectivity index (χ4v) is 1.95. The lowest BCUT2D eigenvalue weighted by atomic mass is 9.88. The van der Waals surface area contributed by atoms with Crippen molar-refractivity contribution in [3.63, 3.8) is 0 Å². The Hall–Kier alpha value is -1.16. The minimum atomic E-state index is 0.310. The van der Waals surface area contributed by atoms with Crippen molar-refractivity contribution >= 4 is 5.82 Å². The molecule has 102 valence electrons. The first-order valence-corrected chi connectivity index (χ1v) is 6.78. The van der Waals surface area contributed by atoms with Crippen LogP contribution in [0.15, 0.2) is 12.3 Å². The molecule has 1 heterocycles. The first kappa shape index (κ1) is 14.9. The highest BCUT2D eigenvalue weighted by Crippen LogP contribution is 2.22. The summed E-state index contributed by atoms with van der Waals surface area (Å²) < 4.78 is 0. The van der Waals surface area contributed by atoms with Crippen molar-refractivity contribution in [2.75, 3.05) is 25.5 Å². The first-order valence-electron chi connectivity index (χ1n) is 6.78. The average molecular weight is 250 g/mol. The number of nitrogens with zero attached hydrogens (tertiary/aromatic N) is 2. The Balaban J connectivity index is 2.51. The van der Waals surface area contributed by atoms with Crippen LogP contribution in [0.3, 0.4) is 0 Å². The monoisotopic (exact) mass is 250 g/mol. The topological polar surface area (TPSA) is 49.8 Å². The van der Waals surface area contributed by atoms with E-state index in [0.717, 1.165) is 31.2 Å². The van der Waals surface area contributed by atoms with E-state index in [1.165, 1.54) is 12.8 Å². The van der Waals surface area contributed by atoms with Gasteiger partial charge in [0, 0.05) is 25.7 Å². The molecule has 18 heavy (non-hydrogen) atoms. The standard InChI is InChI=1S/C14H26N4/c1-5-8-14(2,3)11-17-13-7-10-16-12(18-13)6-9-15-4/h7,10,15H,5-6,8-9,11H2,1-4H3,(H,16,17,18). The van der Waals surface area contributed by atoms with Crippen LogP contribution in [0.5, 0.6) is 0 Å². The van der Waals surface area contributed by atoms with Crippen LogP contribution in [0.1, 0.15) is 39.4 Å². The SMILES string of the molecule is CCCC(C)(C)CNc1ccnc(CCNC)n1. The van der Waals surface area contributed by atoms with Crippen molar-refractivity contribution in [3.8, 4) is 0 Å². The van der Waals surface area contributed by atoms with Crippen LogP contribution in [0.4, 0.5) is 5.82 Å². The summed E-state index contributed by atoms with van der Waals surface area (Å²) in [5.41, 5.74) is 0.310. The summed E-state index contributed by atoms with van der Waals surface area (Å²) in [7, 11) is 1.94. The van der Waals surface area contributed by atoms with E-state index in [1.54, 1.807) is 0 Å². The van der Waals surface area contributed by atoms with Crippen LogP contribution < -0.4 is 10.6 Å². The Kier molecular flexibility index (Phi) is 6.05. The molecule has 0 aliphatic heterocycles. The number of hydrogen-bond acceptors (Lipinski definition) is 4. The molecule has 0 atom stereocenters. The molecule has 0 fully saturated rings. The van der Waals surface area contributed by atoms with E-state index in [0.29, 0.717) is 5.41 Å². The van der Waals surface area contributed by atoms with Gasteiger partial charge in [-0.3, -0.25) is 0 Å². The maximum Gasteiger partial charge on any atom is 0.131 e. The van der Waals surface area contributed by atoms with E-state index < -0.39 is 0 Å². The van der Waals surface area contributed by atoms with E-state index in [1.807, 2.05) is 19.3 Å². The normalized spacial score (nSPS) is 11.6. The Morgan fingerprint density at radius 3 is 2.78 bits per heavy atom. The molecule has 1 rings (SSSR count). The predicted molar refractivity (Wildman–Crippen MR) is 76.8 cm³/mol. The zero-order chi connectivity index (χ0) is 13.4. The fraction of sp³-hybridized carbons (Fsp3) is 0.714. The molecular formula is C14H26N4. The quantitative estimate of drug-likeness (QED) is 0.744. The molecule has 2 N–H and O–H groups in total. The lowest BCUT2D eigenvalue weighted by molar-refractivity contribution is 0.354. The highest BCUT2D eigenvalue weighted by Gasteiger charge is 2.16. The second kappa shape index (κ2) is 7.31. The average Bonchev–Trinajstić information content (AvgIpc) is 2.35. The molecule has 0 saturated heterocycles. The lowest BCUT2D eigenvalue weighted by Gasteiger charge is -2.24. The number of hydrogen-bond donors (Lipinski definition) is 2. The maximum absolute atomic E-state index is 4.51. The molecule has 0 aliphatic carbocycles. The van der Waals surface area contributed by atoms with Gasteiger partial charge in [0.15, 0.2) is 0 Å². The molecule has 4 heteroatoms. The molecular weight excluding hydrogens is 224 g/mol. The number of aromatic nitrogens is 2. The molecule has 0 aromatic carbocycles. The van der Waals surface area contributed by atoms with E-state index in [4.69, 9.17) is 0 Å². The summed E-state index contributed by atoms with van der Waals surface area (Å²) in [5.74, 6) is 1.82. The smallest absolute Gasteiger partial charge is 0.131 e. The van der Waals surface area contributed by atoms with Crippen LogP contribution in [0.2, 0.25) is 0 Å². The minimum absolute atomic E-state index is 0.310. The van der Waals surface area contributed by atoms with Crippen LogP contribution in [-0.4, -0.2) is 30.1 Å². The van der Waals surface area contributed by atoms with Gasteiger partial charge < -0.3 is 10.6 Å². The van der Waals surface area contributed by atoms with Gasteiger partial charge in [-0.1, -0.05) is 27.2 Å². The molecule has 1 aromatic rings. The van der Waals surface area contributed by atoms with E-state index in [9.17, 15) is 0 Å². The van der Waals surface area contributed by atoms with Crippen LogP contribution in [-0.2, 0) is 6.42 Å². The van der Waals surface area contributed by atoms with Crippen LogP contribution in [0.25, 0.3) is 0 Å². The van der Waals surface area contributed by atoms with Gasteiger partial charge in [0.1, 0.15) is 11.6 Å². The van der Waals surface area contributed by atoms with Crippen molar-refractivity contribution in [1.29, 1.82) is 0 Å².